The van der Waals surface area contributed by atoms with Crippen molar-refractivity contribution in [2.45, 2.75) is 19.4 Å². The maximum absolute atomic E-state index is 6.13. The summed E-state index contributed by atoms with van der Waals surface area (Å²) in [5, 5.41) is 0. The molecule has 0 bridgehead atoms. The smallest absolute Gasteiger partial charge is 0.129 e. The minimum Gasteiger partial charge on any atom is -0.485 e. The van der Waals surface area contributed by atoms with Gasteiger partial charge in [-0.15, -0.1) is 0 Å². The third-order valence-corrected chi connectivity index (χ3v) is 3.38. The van der Waals surface area contributed by atoms with Crippen LogP contribution in [0.2, 0.25) is 0 Å². The second-order valence-corrected chi connectivity index (χ2v) is 4.80. The normalized spacial score (nSPS) is 14.9. The Balaban J connectivity index is 1.86. The average molecular weight is 263 g/mol. The van der Waals surface area contributed by atoms with Crippen molar-refractivity contribution in [3.8, 4) is 5.75 Å². The van der Waals surface area contributed by atoms with Gasteiger partial charge in [0.15, 0.2) is 0 Å². The SMILES string of the molecule is CC(Oc1ccccc1C1=CCC=N1)c1ccccc1. The van der Waals surface area contributed by atoms with Crippen LogP contribution in [0.25, 0.3) is 5.70 Å². The maximum Gasteiger partial charge on any atom is 0.129 e. The molecule has 2 nitrogen and oxygen atoms in total. The molecule has 0 N–H and O–H groups in total. The Kier molecular flexibility index (Phi) is 3.64. The van der Waals surface area contributed by atoms with Crippen LogP contribution in [0.5, 0.6) is 5.75 Å². The molecule has 0 saturated heterocycles. The van der Waals surface area contributed by atoms with E-state index in [1.807, 2.05) is 42.6 Å². The highest BCUT2D eigenvalue weighted by atomic mass is 16.5. The standard InChI is InChI=1S/C18H17NO/c1-14(15-8-3-2-4-9-15)20-18-12-6-5-10-16(18)17-11-7-13-19-17/h2-6,8-14H,7H2,1H3. The van der Waals surface area contributed by atoms with Crippen molar-refractivity contribution in [2.24, 2.45) is 4.99 Å². The van der Waals surface area contributed by atoms with Crippen molar-refractivity contribution >= 4 is 11.9 Å². The molecular formula is C18H17NO. The minimum absolute atomic E-state index is 0.0170. The molecule has 0 aliphatic carbocycles. The second kappa shape index (κ2) is 5.74. The molecular weight excluding hydrogens is 246 g/mol. The highest BCUT2D eigenvalue weighted by Crippen LogP contribution is 2.31. The fourth-order valence-electron chi connectivity index (χ4n) is 2.31. The predicted molar refractivity (Wildman–Crippen MR) is 83.0 cm³/mol. The third kappa shape index (κ3) is 2.64. The maximum atomic E-state index is 6.13. The number of nitrogens with zero attached hydrogens (tertiary/aromatic N) is 1. The summed E-state index contributed by atoms with van der Waals surface area (Å²) in [7, 11) is 0. The summed E-state index contributed by atoms with van der Waals surface area (Å²) in [6, 6.07) is 18.3. The molecule has 1 aliphatic rings. The van der Waals surface area contributed by atoms with Crippen LogP contribution < -0.4 is 4.74 Å². The number of ether oxygens (including phenoxy) is 1. The molecule has 1 heterocycles. The van der Waals surface area contributed by atoms with Gasteiger partial charge in [0.05, 0.1) is 5.70 Å². The van der Waals surface area contributed by atoms with Crippen LogP contribution in [0.15, 0.2) is 65.7 Å². The Morgan fingerprint density at radius 1 is 1.00 bits per heavy atom. The van der Waals surface area contributed by atoms with Crippen LogP contribution >= 0.6 is 0 Å². The average Bonchev–Trinajstić information content (AvgIpc) is 3.03. The van der Waals surface area contributed by atoms with Crippen LogP contribution in [-0.4, -0.2) is 6.21 Å². The molecule has 1 unspecified atom stereocenters. The Hall–Kier alpha value is -2.35. The Morgan fingerprint density at radius 3 is 2.50 bits per heavy atom. The minimum atomic E-state index is 0.0170. The third-order valence-electron chi connectivity index (χ3n) is 3.38. The molecule has 1 aliphatic heterocycles. The van der Waals surface area contributed by atoms with Crippen molar-refractivity contribution < 1.29 is 4.74 Å². The van der Waals surface area contributed by atoms with E-state index in [1.165, 1.54) is 5.56 Å². The highest BCUT2D eigenvalue weighted by Gasteiger charge is 2.13. The first kappa shape index (κ1) is 12.7. The summed E-state index contributed by atoms with van der Waals surface area (Å²) in [4.78, 5) is 4.40. The molecule has 20 heavy (non-hydrogen) atoms. The summed E-state index contributed by atoms with van der Waals surface area (Å²) in [5.41, 5.74) is 3.23. The molecule has 2 aromatic carbocycles. The zero-order chi connectivity index (χ0) is 13.8. The summed E-state index contributed by atoms with van der Waals surface area (Å²) < 4.78 is 6.13. The van der Waals surface area contributed by atoms with Gasteiger partial charge in [-0.05, 0) is 24.6 Å². The van der Waals surface area contributed by atoms with Gasteiger partial charge in [-0.2, -0.15) is 0 Å². The first-order valence-corrected chi connectivity index (χ1v) is 6.88. The quantitative estimate of drug-likeness (QED) is 0.787. The summed E-state index contributed by atoms with van der Waals surface area (Å²) >= 11 is 0. The number of hydrogen-bond acceptors (Lipinski definition) is 2. The summed E-state index contributed by atoms with van der Waals surface area (Å²) in [6.45, 7) is 2.07. The van der Waals surface area contributed by atoms with Crippen molar-refractivity contribution in [1.82, 2.24) is 0 Å². The fourth-order valence-corrected chi connectivity index (χ4v) is 2.31. The van der Waals surface area contributed by atoms with Crippen molar-refractivity contribution in [3.63, 3.8) is 0 Å². The number of aliphatic imine (C=N–C) groups is 1. The molecule has 2 heteroatoms. The van der Waals surface area contributed by atoms with Gasteiger partial charge in [-0.3, -0.25) is 4.99 Å². The lowest BCUT2D eigenvalue weighted by Crippen LogP contribution is -2.04. The Bertz CT molecular complexity index is 643. The zero-order valence-corrected chi connectivity index (χ0v) is 11.5. The van der Waals surface area contributed by atoms with Gasteiger partial charge >= 0.3 is 0 Å². The number of allylic oxidation sites excluding steroid dienone is 1. The highest BCUT2D eigenvalue weighted by molar-refractivity contribution is 5.83. The van der Waals surface area contributed by atoms with E-state index in [0.29, 0.717) is 0 Å². The largest absolute Gasteiger partial charge is 0.485 e. The lowest BCUT2D eigenvalue weighted by molar-refractivity contribution is 0.226. The van der Waals surface area contributed by atoms with E-state index in [9.17, 15) is 0 Å². The molecule has 100 valence electrons. The van der Waals surface area contributed by atoms with Gasteiger partial charge in [-0.25, -0.2) is 0 Å². The molecule has 2 aromatic rings. The van der Waals surface area contributed by atoms with Crippen molar-refractivity contribution in [2.75, 3.05) is 0 Å². The first-order chi connectivity index (χ1) is 9.84. The van der Waals surface area contributed by atoms with Crippen LogP contribution in [0, 0.1) is 0 Å². The van der Waals surface area contributed by atoms with E-state index in [1.54, 1.807) is 0 Å². The number of rotatable bonds is 4. The first-order valence-electron chi connectivity index (χ1n) is 6.88. The van der Waals surface area contributed by atoms with E-state index >= 15 is 0 Å². The topological polar surface area (TPSA) is 21.6 Å². The molecule has 0 radical (unpaired) electrons. The number of para-hydroxylation sites is 1. The van der Waals surface area contributed by atoms with E-state index in [-0.39, 0.29) is 6.10 Å². The van der Waals surface area contributed by atoms with Crippen LogP contribution in [0.4, 0.5) is 0 Å². The molecule has 0 fully saturated rings. The van der Waals surface area contributed by atoms with Crippen LogP contribution in [0.3, 0.4) is 0 Å². The van der Waals surface area contributed by atoms with E-state index in [4.69, 9.17) is 4.74 Å². The summed E-state index contributed by atoms with van der Waals surface area (Å²) in [5.74, 6) is 0.883. The van der Waals surface area contributed by atoms with E-state index < -0.39 is 0 Å². The predicted octanol–water partition coefficient (Wildman–Crippen LogP) is 4.64. The zero-order valence-electron chi connectivity index (χ0n) is 11.5. The van der Waals surface area contributed by atoms with E-state index in [2.05, 4.69) is 36.2 Å². The van der Waals surface area contributed by atoms with Crippen LogP contribution in [-0.2, 0) is 0 Å². The molecule has 1 atom stereocenters. The fraction of sp³-hybridized carbons (Fsp3) is 0.167. The lowest BCUT2D eigenvalue weighted by atomic mass is 10.1. The van der Waals surface area contributed by atoms with Gasteiger partial charge in [0, 0.05) is 18.2 Å². The van der Waals surface area contributed by atoms with Gasteiger partial charge in [0.1, 0.15) is 11.9 Å². The molecule has 0 spiro atoms. The van der Waals surface area contributed by atoms with Gasteiger partial charge in [-0.1, -0.05) is 48.5 Å². The van der Waals surface area contributed by atoms with E-state index in [0.717, 1.165) is 23.4 Å². The molecule has 0 aromatic heterocycles. The lowest BCUT2D eigenvalue weighted by Gasteiger charge is -2.17. The molecule has 3 rings (SSSR count). The van der Waals surface area contributed by atoms with Crippen molar-refractivity contribution in [1.29, 1.82) is 0 Å². The molecule has 0 saturated carbocycles. The molecule has 0 amide bonds. The van der Waals surface area contributed by atoms with Gasteiger partial charge in [0.25, 0.3) is 0 Å². The number of benzene rings is 2. The van der Waals surface area contributed by atoms with Crippen LogP contribution in [0.1, 0.15) is 30.6 Å². The van der Waals surface area contributed by atoms with Gasteiger partial charge < -0.3 is 4.74 Å². The number of hydrogen-bond donors (Lipinski definition) is 0. The Morgan fingerprint density at radius 2 is 1.75 bits per heavy atom. The van der Waals surface area contributed by atoms with Crippen molar-refractivity contribution in [3.05, 3.63) is 71.8 Å². The van der Waals surface area contributed by atoms with Gasteiger partial charge in [0.2, 0.25) is 0 Å². The monoisotopic (exact) mass is 263 g/mol. The Labute approximate surface area is 119 Å². The summed E-state index contributed by atoms with van der Waals surface area (Å²) in [6.07, 6.45) is 4.96. The second-order valence-electron chi connectivity index (χ2n) is 4.80.